The van der Waals surface area contributed by atoms with Crippen LogP contribution < -0.4 is 0 Å². The normalized spacial score (nSPS) is 14.6. The number of hydrogen-bond acceptors (Lipinski definition) is 7. The van der Waals surface area contributed by atoms with E-state index in [0.717, 1.165) is 128 Å². The van der Waals surface area contributed by atoms with Gasteiger partial charge in [0.05, 0.1) is 27.7 Å². The van der Waals surface area contributed by atoms with Gasteiger partial charge in [-0.1, -0.05) is 191 Å². The molecular formula is C62H99NO8P+. The molecule has 404 valence electrons. The zero-order valence-corrected chi connectivity index (χ0v) is 46.5. The van der Waals surface area contributed by atoms with Crippen LogP contribution in [-0.2, 0) is 32.7 Å². The third-order valence-corrected chi connectivity index (χ3v) is 11.5. The third kappa shape index (κ3) is 55.0. The van der Waals surface area contributed by atoms with Crippen LogP contribution >= 0.6 is 7.82 Å². The number of likely N-dealkylation sites (N-methyl/N-ethyl adjacent to an activating group) is 1. The SMILES string of the molecule is CC/C=C\C/C=C\C/C=C\C/C=C\C/C=C\C/C=C\C/C=C\C/C=C\CCCCCCC(=O)OC(COC(=O)CCCCC/C=C\C/C=C\C/C=C\C/C=C\C/C=C\CC)COP(=O)(O)OCC[N+](C)(C)C. The lowest BCUT2D eigenvalue weighted by Crippen LogP contribution is -2.37. The second-order valence-corrected chi connectivity index (χ2v) is 19.9. The molecule has 0 heterocycles. The van der Waals surface area contributed by atoms with Crippen molar-refractivity contribution in [3.8, 4) is 0 Å². The van der Waals surface area contributed by atoms with E-state index in [2.05, 4.69) is 172 Å². The van der Waals surface area contributed by atoms with Crippen molar-refractivity contribution >= 4 is 19.8 Å². The first-order chi connectivity index (χ1) is 35.0. The molecule has 0 bridgehead atoms. The molecule has 0 aromatic carbocycles. The summed E-state index contributed by atoms with van der Waals surface area (Å²) in [5.74, 6) is -0.882. The summed E-state index contributed by atoms with van der Waals surface area (Å²) in [6.07, 6.45) is 77.3. The van der Waals surface area contributed by atoms with Crippen molar-refractivity contribution in [2.24, 2.45) is 0 Å². The van der Waals surface area contributed by atoms with Gasteiger partial charge < -0.3 is 18.9 Å². The molecule has 0 saturated carbocycles. The number of allylic oxidation sites excluding steroid dienone is 26. The molecule has 0 aliphatic rings. The van der Waals surface area contributed by atoms with E-state index in [-0.39, 0.29) is 26.1 Å². The van der Waals surface area contributed by atoms with Crippen molar-refractivity contribution in [3.63, 3.8) is 0 Å². The first-order valence-corrected chi connectivity index (χ1v) is 28.7. The number of phosphoric acid groups is 1. The minimum Gasteiger partial charge on any atom is -0.462 e. The molecule has 1 N–H and O–H groups in total. The second kappa shape index (κ2) is 51.5. The minimum atomic E-state index is -4.41. The maximum Gasteiger partial charge on any atom is 0.472 e. The Balaban J connectivity index is 4.38. The van der Waals surface area contributed by atoms with Gasteiger partial charge in [0.25, 0.3) is 0 Å². The van der Waals surface area contributed by atoms with Gasteiger partial charge in [-0.2, -0.15) is 0 Å². The fourth-order valence-corrected chi connectivity index (χ4v) is 7.15. The van der Waals surface area contributed by atoms with Crippen LogP contribution in [0.4, 0.5) is 0 Å². The van der Waals surface area contributed by atoms with Gasteiger partial charge in [-0.25, -0.2) is 4.57 Å². The van der Waals surface area contributed by atoms with Gasteiger partial charge in [-0.15, -0.1) is 0 Å². The first-order valence-electron chi connectivity index (χ1n) is 27.2. The second-order valence-electron chi connectivity index (χ2n) is 18.5. The lowest BCUT2D eigenvalue weighted by atomic mass is 10.1. The number of ether oxygens (including phenoxy) is 2. The Morgan fingerprint density at radius 2 is 0.750 bits per heavy atom. The number of unbranched alkanes of at least 4 members (excludes halogenated alkanes) is 7. The summed E-state index contributed by atoms with van der Waals surface area (Å²) in [7, 11) is 1.41. The fourth-order valence-electron chi connectivity index (χ4n) is 6.41. The molecule has 0 radical (unpaired) electrons. The zero-order valence-electron chi connectivity index (χ0n) is 45.6. The molecule has 0 aromatic heterocycles. The van der Waals surface area contributed by atoms with Crippen molar-refractivity contribution in [1.82, 2.24) is 0 Å². The Bertz CT molecular complexity index is 1770. The number of carbonyl (C=O) groups excluding carboxylic acids is 2. The van der Waals surface area contributed by atoms with Crippen LogP contribution in [0.5, 0.6) is 0 Å². The highest BCUT2D eigenvalue weighted by Gasteiger charge is 2.27. The van der Waals surface area contributed by atoms with Crippen LogP contribution in [0.3, 0.4) is 0 Å². The Morgan fingerprint density at radius 3 is 1.11 bits per heavy atom. The Kier molecular flexibility index (Phi) is 48.4. The summed E-state index contributed by atoms with van der Waals surface area (Å²) in [4.78, 5) is 35.6. The van der Waals surface area contributed by atoms with Crippen LogP contribution in [0.25, 0.3) is 0 Å². The van der Waals surface area contributed by atoms with Gasteiger partial charge in [-0.3, -0.25) is 18.6 Å². The molecule has 0 amide bonds. The highest BCUT2D eigenvalue weighted by atomic mass is 31.2. The molecule has 0 fully saturated rings. The summed E-state index contributed by atoms with van der Waals surface area (Å²) >= 11 is 0. The standard InChI is InChI=1S/C62H98NO8P/c1-6-8-10-12-14-16-18-20-22-24-26-27-28-29-30-31-32-33-34-35-37-39-41-43-45-47-49-51-53-55-62(65)71-60(59-70-72(66,67)69-57-56-63(3,4)5)58-68-61(64)54-52-50-48-46-44-42-40-38-36-25-23-21-19-17-15-13-11-9-7-2/h8-11,14-17,20-23,26-27,29-30,32-33,35-38,41-44,60H,6-7,12-13,18-19,24-25,28,31,34,39-40,45-59H2,1-5H3/p+1/b10-8-,11-9-,16-14-,17-15-,22-20-,23-21-,27-26-,30-29-,33-32-,37-35-,38-36-,43-41-,44-42-. The van der Waals surface area contributed by atoms with Crippen LogP contribution in [0.2, 0.25) is 0 Å². The van der Waals surface area contributed by atoms with Crippen molar-refractivity contribution in [1.29, 1.82) is 0 Å². The van der Waals surface area contributed by atoms with Crippen molar-refractivity contribution < 1.29 is 42.1 Å². The molecule has 0 saturated heterocycles. The topological polar surface area (TPSA) is 108 Å². The van der Waals surface area contributed by atoms with Gasteiger partial charge in [0.1, 0.15) is 19.8 Å². The maximum absolute atomic E-state index is 12.8. The Hall–Kier alpha value is -4.37. The highest BCUT2D eigenvalue weighted by molar-refractivity contribution is 7.47. The Morgan fingerprint density at radius 1 is 0.431 bits per heavy atom. The summed E-state index contributed by atoms with van der Waals surface area (Å²) in [6, 6.07) is 0. The van der Waals surface area contributed by atoms with Gasteiger partial charge in [-0.05, 0) is 122 Å². The Labute approximate surface area is 439 Å². The van der Waals surface area contributed by atoms with E-state index in [1.807, 2.05) is 21.1 Å². The van der Waals surface area contributed by atoms with Crippen molar-refractivity contribution in [2.75, 3.05) is 47.5 Å². The molecule has 2 unspecified atom stereocenters. The van der Waals surface area contributed by atoms with Gasteiger partial charge in [0.2, 0.25) is 0 Å². The smallest absolute Gasteiger partial charge is 0.462 e. The third-order valence-electron chi connectivity index (χ3n) is 10.6. The number of phosphoric ester groups is 1. The molecule has 0 aliphatic carbocycles. The molecule has 9 nitrogen and oxygen atoms in total. The minimum absolute atomic E-state index is 0.0103. The average molecular weight is 1020 g/mol. The fraction of sp³-hybridized carbons (Fsp3) is 0.548. The molecule has 0 aromatic rings. The molecule has 0 spiro atoms. The quantitative estimate of drug-likeness (QED) is 0.0211. The summed E-state index contributed by atoms with van der Waals surface area (Å²) < 4.78 is 34.4. The molecule has 72 heavy (non-hydrogen) atoms. The zero-order chi connectivity index (χ0) is 52.7. The molecule has 0 aliphatic heterocycles. The highest BCUT2D eigenvalue weighted by Crippen LogP contribution is 2.43. The van der Waals surface area contributed by atoms with Gasteiger partial charge >= 0.3 is 19.8 Å². The van der Waals surface area contributed by atoms with Crippen LogP contribution in [0, 0.1) is 0 Å². The average Bonchev–Trinajstić information content (AvgIpc) is 3.34. The van der Waals surface area contributed by atoms with E-state index in [1.165, 1.54) is 0 Å². The summed E-state index contributed by atoms with van der Waals surface area (Å²) in [5.41, 5.74) is 0. The van der Waals surface area contributed by atoms with Crippen LogP contribution in [0.1, 0.15) is 168 Å². The van der Waals surface area contributed by atoms with E-state index in [1.54, 1.807) is 0 Å². The van der Waals surface area contributed by atoms with Crippen LogP contribution in [-0.4, -0.2) is 74.9 Å². The molecule has 0 rings (SSSR count). The van der Waals surface area contributed by atoms with E-state index in [4.69, 9.17) is 18.5 Å². The number of rotatable bonds is 47. The van der Waals surface area contributed by atoms with Gasteiger partial charge in [0, 0.05) is 12.8 Å². The largest absolute Gasteiger partial charge is 0.472 e. The predicted molar refractivity (Wildman–Crippen MR) is 306 cm³/mol. The van der Waals surface area contributed by atoms with E-state index in [9.17, 15) is 19.0 Å². The van der Waals surface area contributed by atoms with E-state index >= 15 is 0 Å². The maximum atomic E-state index is 12.8. The van der Waals surface area contributed by atoms with Crippen molar-refractivity contribution in [2.45, 2.75) is 174 Å². The first kappa shape index (κ1) is 67.6. The summed E-state index contributed by atoms with van der Waals surface area (Å²) in [5, 5.41) is 0. The molecular weight excluding hydrogens is 918 g/mol. The number of hydrogen-bond donors (Lipinski definition) is 1. The van der Waals surface area contributed by atoms with E-state index in [0.29, 0.717) is 23.9 Å². The number of esters is 2. The number of carbonyl (C=O) groups is 2. The molecule has 10 heteroatoms. The lowest BCUT2D eigenvalue weighted by Gasteiger charge is -2.24. The van der Waals surface area contributed by atoms with Crippen LogP contribution in [0.15, 0.2) is 158 Å². The number of quaternary nitrogens is 1. The van der Waals surface area contributed by atoms with Gasteiger partial charge in [0.15, 0.2) is 6.10 Å². The molecule has 2 atom stereocenters. The van der Waals surface area contributed by atoms with E-state index < -0.39 is 32.5 Å². The monoisotopic (exact) mass is 1020 g/mol. The predicted octanol–water partition coefficient (Wildman–Crippen LogP) is 16.9. The number of nitrogens with zero attached hydrogens (tertiary/aromatic N) is 1. The van der Waals surface area contributed by atoms with Crippen molar-refractivity contribution in [3.05, 3.63) is 158 Å². The summed E-state index contributed by atoms with van der Waals surface area (Å²) in [6.45, 7) is 4.09. The lowest BCUT2D eigenvalue weighted by molar-refractivity contribution is -0.870.